The number of rotatable bonds is 4. The molecule has 2 aromatic carbocycles. The standard InChI is InChI=1S/C19H19N3O3/c1-12-4-6-13(7-5-12)15-11-18(20)21-22(15)19(23)14-8-9-16(24-2)17(10-14)25-3/h4-11H,1-3H3,(H2,20,21). The molecule has 0 saturated heterocycles. The lowest BCUT2D eigenvalue weighted by molar-refractivity contribution is 0.0947. The van der Waals surface area contributed by atoms with E-state index >= 15 is 0 Å². The van der Waals surface area contributed by atoms with Crippen molar-refractivity contribution in [3.05, 3.63) is 59.7 Å². The van der Waals surface area contributed by atoms with Crippen LogP contribution >= 0.6 is 0 Å². The molecule has 1 heterocycles. The number of carbonyl (C=O) groups excluding carboxylic acids is 1. The Morgan fingerprint density at radius 1 is 1.00 bits per heavy atom. The summed E-state index contributed by atoms with van der Waals surface area (Å²) in [5.41, 5.74) is 8.89. The number of nitrogens with zero attached hydrogens (tertiary/aromatic N) is 2. The Labute approximate surface area is 145 Å². The summed E-state index contributed by atoms with van der Waals surface area (Å²) < 4.78 is 11.8. The fourth-order valence-corrected chi connectivity index (χ4v) is 2.58. The highest BCUT2D eigenvalue weighted by atomic mass is 16.5. The van der Waals surface area contributed by atoms with E-state index in [0.29, 0.717) is 22.8 Å². The summed E-state index contributed by atoms with van der Waals surface area (Å²) >= 11 is 0. The van der Waals surface area contributed by atoms with Gasteiger partial charge in [-0.3, -0.25) is 4.79 Å². The minimum absolute atomic E-state index is 0.282. The molecule has 0 atom stereocenters. The van der Waals surface area contributed by atoms with Crippen LogP contribution in [0, 0.1) is 6.92 Å². The Hall–Kier alpha value is -3.28. The predicted octanol–water partition coefficient (Wildman–Crippen LogP) is 3.15. The number of benzene rings is 2. The van der Waals surface area contributed by atoms with E-state index in [-0.39, 0.29) is 11.7 Å². The summed E-state index contributed by atoms with van der Waals surface area (Å²) in [6.07, 6.45) is 0. The molecule has 0 aliphatic heterocycles. The average Bonchev–Trinajstić information content (AvgIpc) is 3.02. The van der Waals surface area contributed by atoms with Crippen molar-refractivity contribution in [3.8, 4) is 22.8 Å². The number of ether oxygens (including phenoxy) is 2. The van der Waals surface area contributed by atoms with Crippen molar-refractivity contribution in [1.29, 1.82) is 0 Å². The van der Waals surface area contributed by atoms with Crippen molar-refractivity contribution in [1.82, 2.24) is 9.78 Å². The maximum Gasteiger partial charge on any atom is 0.278 e. The van der Waals surface area contributed by atoms with Crippen LogP contribution in [0.2, 0.25) is 0 Å². The number of nitrogen functional groups attached to an aromatic ring is 1. The van der Waals surface area contributed by atoms with Crippen LogP contribution in [0.5, 0.6) is 11.5 Å². The molecule has 3 rings (SSSR count). The molecule has 6 nitrogen and oxygen atoms in total. The molecule has 0 amide bonds. The van der Waals surface area contributed by atoms with E-state index in [4.69, 9.17) is 15.2 Å². The molecule has 3 aromatic rings. The topological polar surface area (TPSA) is 79.4 Å². The number of anilines is 1. The highest BCUT2D eigenvalue weighted by molar-refractivity contribution is 5.98. The lowest BCUT2D eigenvalue weighted by Crippen LogP contribution is -2.15. The van der Waals surface area contributed by atoms with Gasteiger partial charge in [-0.15, -0.1) is 5.10 Å². The van der Waals surface area contributed by atoms with E-state index in [1.165, 1.54) is 11.8 Å². The molecule has 0 unspecified atom stereocenters. The zero-order valence-electron chi connectivity index (χ0n) is 14.3. The van der Waals surface area contributed by atoms with E-state index in [2.05, 4.69) is 5.10 Å². The van der Waals surface area contributed by atoms with Crippen molar-refractivity contribution in [2.24, 2.45) is 0 Å². The molecule has 0 fully saturated rings. The Morgan fingerprint density at radius 2 is 1.68 bits per heavy atom. The monoisotopic (exact) mass is 337 g/mol. The molecular weight excluding hydrogens is 318 g/mol. The molecule has 0 aliphatic rings. The van der Waals surface area contributed by atoms with Crippen LogP contribution in [0.3, 0.4) is 0 Å². The molecule has 25 heavy (non-hydrogen) atoms. The number of aromatic nitrogens is 2. The predicted molar refractivity (Wildman–Crippen MR) is 96.1 cm³/mol. The minimum Gasteiger partial charge on any atom is -0.493 e. The summed E-state index contributed by atoms with van der Waals surface area (Å²) in [5.74, 6) is 1.01. The van der Waals surface area contributed by atoms with Gasteiger partial charge < -0.3 is 15.2 Å². The first-order valence-electron chi connectivity index (χ1n) is 7.73. The van der Waals surface area contributed by atoms with Crippen LogP contribution in [0.15, 0.2) is 48.5 Å². The van der Waals surface area contributed by atoms with E-state index in [1.807, 2.05) is 31.2 Å². The van der Waals surface area contributed by atoms with Crippen LogP contribution in [-0.2, 0) is 0 Å². The molecule has 0 saturated carbocycles. The summed E-state index contributed by atoms with van der Waals surface area (Å²) in [6, 6.07) is 14.5. The highest BCUT2D eigenvalue weighted by Crippen LogP contribution is 2.29. The van der Waals surface area contributed by atoms with Gasteiger partial charge in [0.15, 0.2) is 11.5 Å². The zero-order chi connectivity index (χ0) is 18.0. The molecule has 0 aliphatic carbocycles. The van der Waals surface area contributed by atoms with Crippen molar-refractivity contribution < 1.29 is 14.3 Å². The zero-order valence-corrected chi connectivity index (χ0v) is 14.3. The first-order valence-corrected chi connectivity index (χ1v) is 7.73. The first-order chi connectivity index (χ1) is 12.0. The molecule has 128 valence electrons. The maximum absolute atomic E-state index is 12.9. The number of carbonyl (C=O) groups is 1. The van der Waals surface area contributed by atoms with Gasteiger partial charge in [-0.05, 0) is 25.1 Å². The fourth-order valence-electron chi connectivity index (χ4n) is 2.58. The molecule has 0 radical (unpaired) electrons. The Balaban J connectivity index is 2.05. The summed E-state index contributed by atoms with van der Waals surface area (Å²) in [7, 11) is 3.07. The third-order valence-corrected chi connectivity index (χ3v) is 3.90. The van der Waals surface area contributed by atoms with Crippen LogP contribution in [0.25, 0.3) is 11.3 Å². The van der Waals surface area contributed by atoms with Gasteiger partial charge in [-0.1, -0.05) is 29.8 Å². The minimum atomic E-state index is -0.298. The molecule has 1 aromatic heterocycles. The molecule has 0 bridgehead atoms. The van der Waals surface area contributed by atoms with Gasteiger partial charge in [0, 0.05) is 17.2 Å². The number of methoxy groups -OCH3 is 2. The first kappa shape index (κ1) is 16.6. The highest BCUT2D eigenvalue weighted by Gasteiger charge is 2.18. The van der Waals surface area contributed by atoms with E-state index < -0.39 is 0 Å². The van der Waals surface area contributed by atoms with Crippen molar-refractivity contribution >= 4 is 11.7 Å². The molecular formula is C19H19N3O3. The normalized spacial score (nSPS) is 10.5. The number of hydrogen-bond acceptors (Lipinski definition) is 5. The van der Waals surface area contributed by atoms with E-state index in [9.17, 15) is 4.79 Å². The second-order valence-electron chi connectivity index (χ2n) is 5.61. The van der Waals surface area contributed by atoms with Gasteiger partial charge in [-0.25, -0.2) is 0 Å². The van der Waals surface area contributed by atoms with Gasteiger partial charge in [0.25, 0.3) is 5.91 Å². The number of nitrogens with two attached hydrogens (primary N) is 1. The van der Waals surface area contributed by atoms with Gasteiger partial charge in [0.05, 0.1) is 19.9 Å². The van der Waals surface area contributed by atoms with E-state index in [1.54, 1.807) is 31.4 Å². The smallest absolute Gasteiger partial charge is 0.278 e. The summed E-state index contributed by atoms with van der Waals surface area (Å²) in [6.45, 7) is 2.00. The Morgan fingerprint density at radius 3 is 2.32 bits per heavy atom. The van der Waals surface area contributed by atoms with E-state index in [0.717, 1.165) is 11.1 Å². The van der Waals surface area contributed by atoms with Crippen molar-refractivity contribution in [3.63, 3.8) is 0 Å². The van der Waals surface area contributed by atoms with Crippen LogP contribution < -0.4 is 15.2 Å². The third-order valence-electron chi connectivity index (χ3n) is 3.90. The van der Waals surface area contributed by atoms with Gasteiger partial charge >= 0.3 is 0 Å². The van der Waals surface area contributed by atoms with Gasteiger partial charge in [-0.2, -0.15) is 4.68 Å². The Kier molecular flexibility index (Phi) is 4.43. The fraction of sp³-hybridized carbons (Fsp3) is 0.158. The van der Waals surface area contributed by atoms with Gasteiger partial charge in [0.2, 0.25) is 0 Å². The lowest BCUT2D eigenvalue weighted by Gasteiger charge is -2.10. The quantitative estimate of drug-likeness (QED) is 0.791. The number of aryl methyl sites for hydroxylation is 1. The largest absolute Gasteiger partial charge is 0.493 e. The van der Waals surface area contributed by atoms with Crippen molar-refractivity contribution in [2.75, 3.05) is 20.0 Å². The molecule has 0 spiro atoms. The maximum atomic E-state index is 12.9. The number of hydrogen-bond donors (Lipinski definition) is 1. The van der Waals surface area contributed by atoms with Crippen LogP contribution in [-0.4, -0.2) is 29.9 Å². The molecule has 6 heteroatoms. The van der Waals surface area contributed by atoms with Gasteiger partial charge in [0.1, 0.15) is 5.82 Å². The second kappa shape index (κ2) is 6.68. The molecule has 2 N–H and O–H groups in total. The lowest BCUT2D eigenvalue weighted by atomic mass is 10.1. The Bertz CT molecular complexity index is 914. The summed E-state index contributed by atoms with van der Waals surface area (Å²) in [4.78, 5) is 12.9. The SMILES string of the molecule is COc1ccc(C(=O)n2nc(N)cc2-c2ccc(C)cc2)cc1OC. The second-order valence-corrected chi connectivity index (χ2v) is 5.61. The van der Waals surface area contributed by atoms with Crippen molar-refractivity contribution in [2.45, 2.75) is 6.92 Å². The average molecular weight is 337 g/mol. The van der Waals surface area contributed by atoms with Crippen LogP contribution in [0.4, 0.5) is 5.82 Å². The third kappa shape index (κ3) is 3.19. The summed E-state index contributed by atoms with van der Waals surface area (Å²) in [5, 5.41) is 4.16. The van der Waals surface area contributed by atoms with Crippen LogP contribution in [0.1, 0.15) is 15.9 Å².